The zero-order chi connectivity index (χ0) is 42.0. The summed E-state index contributed by atoms with van der Waals surface area (Å²) in [5.41, 5.74) is 16.4. The lowest BCUT2D eigenvalue weighted by atomic mass is 9.65. The highest BCUT2D eigenvalue weighted by molar-refractivity contribution is 6.05. The summed E-state index contributed by atoms with van der Waals surface area (Å²) in [6.45, 7) is 0. The first kappa shape index (κ1) is 37.8. The Balaban J connectivity index is 0.959. The molecule has 0 unspecified atom stereocenters. The highest BCUT2D eigenvalue weighted by Crippen LogP contribution is 2.46. The normalized spacial score (nSPS) is 11.5. The maximum Gasteiger partial charge on any atom is 0.136 e. The molecule has 0 bridgehead atoms. The highest BCUT2D eigenvalue weighted by Gasteiger charge is 2.38. The summed E-state index contributed by atoms with van der Waals surface area (Å²) in [6, 6.07) is 93.8. The second-order valence-electron chi connectivity index (χ2n) is 16.1. The molecule has 1 heterocycles. The van der Waals surface area contributed by atoms with Gasteiger partial charge in [0.2, 0.25) is 0 Å². The van der Waals surface area contributed by atoms with E-state index in [1.165, 1.54) is 33.4 Å². The third-order valence-electron chi connectivity index (χ3n) is 12.4. The molecule has 0 aliphatic heterocycles. The molecule has 0 saturated carbocycles. The van der Waals surface area contributed by atoms with Crippen molar-refractivity contribution < 1.29 is 4.42 Å². The SMILES string of the molecule is c1ccc(-c2cccc(N(c3ccc(-c4ccc(C(c5ccccc5)(c5ccccc5)c5ccccc5)cc4)cc3)c3ccc(-c4ccc5c(c4)oc4ccccc45)cc3)c2)cc1. The van der Waals surface area contributed by atoms with Gasteiger partial charge in [-0.25, -0.2) is 0 Å². The number of furan rings is 1. The highest BCUT2D eigenvalue weighted by atomic mass is 16.3. The van der Waals surface area contributed by atoms with E-state index >= 15 is 0 Å². The molecule has 1 aromatic heterocycles. The van der Waals surface area contributed by atoms with Crippen LogP contribution in [0.25, 0.3) is 55.3 Å². The molecule has 2 nitrogen and oxygen atoms in total. The molecule has 0 atom stereocenters. The lowest BCUT2D eigenvalue weighted by Gasteiger charge is -2.37. The van der Waals surface area contributed by atoms with Gasteiger partial charge in [-0.3, -0.25) is 0 Å². The Bertz CT molecular complexity index is 3190. The van der Waals surface area contributed by atoms with Gasteiger partial charge in [-0.1, -0.05) is 206 Å². The summed E-state index contributed by atoms with van der Waals surface area (Å²) in [4.78, 5) is 2.35. The smallest absolute Gasteiger partial charge is 0.136 e. The third kappa shape index (κ3) is 6.98. The molecular formula is C61H43NO. The van der Waals surface area contributed by atoms with Crippen molar-refractivity contribution in [3.8, 4) is 33.4 Å². The van der Waals surface area contributed by atoms with Gasteiger partial charge in [-0.15, -0.1) is 0 Å². The van der Waals surface area contributed by atoms with Gasteiger partial charge in [0.15, 0.2) is 0 Å². The second kappa shape index (κ2) is 16.3. The van der Waals surface area contributed by atoms with Crippen LogP contribution in [0.2, 0.25) is 0 Å². The topological polar surface area (TPSA) is 16.4 Å². The van der Waals surface area contributed by atoms with Gasteiger partial charge in [0.1, 0.15) is 11.2 Å². The number of anilines is 3. The third-order valence-corrected chi connectivity index (χ3v) is 12.4. The largest absolute Gasteiger partial charge is 0.456 e. The second-order valence-corrected chi connectivity index (χ2v) is 16.1. The molecule has 0 N–H and O–H groups in total. The Labute approximate surface area is 368 Å². The number of rotatable bonds is 10. The average molecular weight is 806 g/mol. The number of benzene rings is 10. The Morgan fingerprint density at radius 2 is 0.651 bits per heavy atom. The fourth-order valence-corrected chi connectivity index (χ4v) is 9.39. The minimum absolute atomic E-state index is 0.489. The lowest BCUT2D eigenvalue weighted by molar-refractivity contribution is 0.669. The maximum absolute atomic E-state index is 6.25. The zero-order valence-corrected chi connectivity index (χ0v) is 34.7. The molecule has 0 saturated heterocycles. The lowest BCUT2D eigenvalue weighted by Crippen LogP contribution is -2.30. The fourth-order valence-electron chi connectivity index (χ4n) is 9.39. The first-order valence-electron chi connectivity index (χ1n) is 21.6. The quantitative estimate of drug-likeness (QED) is 0.128. The van der Waals surface area contributed by atoms with Gasteiger partial charge in [-0.05, 0) is 110 Å². The molecule has 0 amide bonds. The summed E-state index contributed by atoms with van der Waals surface area (Å²) in [5.74, 6) is 0. The molecule has 0 fully saturated rings. The maximum atomic E-state index is 6.25. The molecule has 298 valence electrons. The zero-order valence-electron chi connectivity index (χ0n) is 34.7. The van der Waals surface area contributed by atoms with Crippen LogP contribution in [-0.2, 0) is 5.41 Å². The molecule has 0 radical (unpaired) electrons. The number of fused-ring (bicyclic) bond motifs is 3. The fraction of sp³-hybridized carbons (Fsp3) is 0.0164. The Morgan fingerprint density at radius 3 is 1.22 bits per heavy atom. The Morgan fingerprint density at radius 1 is 0.254 bits per heavy atom. The van der Waals surface area contributed by atoms with Gasteiger partial charge in [-0.2, -0.15) is 0 Å². The molecule has 10 aromatic carbocycles. The number of hydrogen-bond acceptors (Lipinski definition) is 2. The predicted molar refractivity (Wildman–Crippen MR) is 263 cm³/mol. The van der Waals surface area contributed by atoms with Gasteiger partial charge in [0, 0.05) is 27.8 Å². The van der Waals surface area contributed by atoms with Crippen molar-refractivity contribution in [3.05, 3.63) is 283 Å². The molecule has 11 rings (SSSR count). The minimum atomic E-state index is -0.489. The standard InChI is InChI=1S/C61H43NO/c1-5-16-44(17-6-1)48-18-15-25-56(42-48)62(55-39-32-47(33-40-55)49-34-41-58-57-26-13-14-27-59(57)63-60(58)43-49)54-37-30-46(31-38-54)45-28-35-53(36-29-45)61(50-19-7-2-8-20-50,51-21-9-3-10-22-51)52-23-11-4-12-24-52/h1-43H. The first-order valence-corrected chi connectivity index (χ1v) is 21.6. The summed E-state index contributed by atoms with van der Waals surface area (Å²) in [7, 11) is 0. The van der Waals surface area contributed by atoms with Crippen LogP contribution in [0, 0.1) is 0 Å². The molecule has 63 heavy (non-hydrogen) atoms. The van der Waals surface area contributed by atoms with E-state index in [9.17, 15) is 0 Å². The average Bonchev–Trinajstić information content (AvgIpc) is 3.74. The molecule has 2 heteroatoms. The van der Waals surface area contributed by atoms with E-state index in [-0.39, 0.29) is 0 Å². The van der Waals surface area contributed by atoms with Crippen molar-refractivity contribution in [3.63, 3.8) is 0 Å². The monoisotopic (exact) mass is 805 g/mol. The summed E-state index contributed by atoms with van der Waals surface area (Å²) < 4.78 is 6.25. The Kier molecular flexibility index (Phi) is 9.80. The van der Waals surface area contributed by atoms with Crippen LogP contribution in [0.4, 0.5) is 17.1 Å². The van der Waals surface area contributed by atoms with E-state index in [2.05, 4.69) is 254 Å². The predicted octanol–water partition coefficient (Wildman–Crippen LogP) is 16.4. The summed E-state index contributed by atoms with van der Waals surface area (Å²) >= 11 is 0. The van der Waals surface area contributed by atoms with Crippen molar-refractivity contribution in [2.75, 3.05) is 4.90 Å². The van der Waals surface area contributed by atoms with Crippen LogP contribution in [0.15, 0.2) is 265 Å². The van der Waals surface area contributed by atoms with Gasteiger partial charge in [0.05, 0.1) is 5.41 Å². The minimum Gasteiger partial charge on any atom is -0.456 e. The molecule has 0 aliphatic carbocycles. The number of hydrogen-bond donors (Lipinski definition) is 0. The van der Waals surface area contributed by atoms with Gasteiger partial charge in [0.25, 0.3) is 0 Å². The summed E-state index contributed by atoms with van der Waals surface area (Å²) in [6.07, 6.45) is 0. The number of para-hydroxylation sites is 1. The van der Waals surface area contributed by atoms with E-state index in [0.717, 1.165) is 61.3 Å². The van der Waals surface area contributed by atoms with Crippen molar-refractivity contribution in [2.24, 2.45) is 0 Å². The number of nitrogens with zero attached hydrogens (tertiary/aromatic N) is 1. The molecule has 11 aromatic rings. The van der Waals surface area contributed by atoms with E-state index in [1.54, 1.807) is 0 Å². The van der Waals surface area contributed by atoms with Crippen molar-refractivity contribution >= 4 is 39.0 Å². The summed E-state index contributed by atoms with van der Waals surface area (Å²) in [5, 5.41) is 2.27. The molecule has 0 aliphatic rings. The van der Waals surface area contributed by atoms with Gasteiger partial charge >= 0.3 is 0 Å². The van der Waals surface area contributed by atoms with Crippen molar-refractivity contribution in [2.45, 2.75) is 5.41 Å². The molecular weight excluding hydrogens is 763 g/mol. The Hall–Kier alpha value is -8.20. The van der Waals surface area contributed by atoms with Crippen LogP contribution in [0.5, 0.6) is 0 Å². The van der Waals surface area contributed by atoms with Crippen molar-refractivity contribution in [1.29, 1.82) is 0 Å². The van der Waals surface area contributed by atoms with E-state index in [0.29, 0.717) is 0 Å². The first-order chi connectivity index (χ1) is 31.2. The molecule has 0 spiro atoms. The van der Waals surface area contributed by atoms with Crippen LogP contribution in [0.3, 0.4) is 0 Å². The van der Waals surface area contributed by atoms with E-state index in [4.69, 9.17) is 4.42 Å². The van der Waals surface area contributed by atoms with Crippen LogP contribution >= 0.6 is 0 Å². The van der Waals surface area contributed by atoms with Crippen LogP contribution in [-0.4, -0.2) is 0 Å². The van der Waals surface area contributed by atoms with Gasteiger partial charge < -0.3 is 9.32 Å². The van der Waals surface area contributed by atoms with E-state index in [1.807, 2.05) is 12.1 Å². The van der Waals surface area contributed by atoms with Crippen molar-refractivity contribution in [1.82, 2.24) is 0 Å². The van der Waals surface area contributed by atoms with Crippen LogP contribution in [0.1, 0.15) is 22.3 Å². The van der Waals surface area contributed by atoms with Crippen LogP contribution < -0.4 is 4.90 Å². The van der Waals surface area contributed by atoms with E-state index < -0.39 is 5.41 Å².